The number of allylic oxidation sites excluding steroid dienone is 3. The number of ketones is 1. The lowest BCUT2D eigenvalue weighted by atomic mass is 9.94. The second kappa shape index (κ2) is 4.03. The molecule has 1 rings (SSSR count). The Hall–Kier alpha value is 0.01000. The summed E-state index contributed by atoms with van der Waals surface area (Å²) >= 11 is 14.8. The minimum absolute atomic E-state index is 0.113. The van der Waals surface area contributed by atoms with Crippen LogP contribution in [0.15, 0.2) is 22.9 Å². The van der Waals surface area contributed by atoms with Crippen LogP contribution in [-0.2, 0) is 4.79 Å². The van der Waals surface area contributed by atoms with Gasteiger partial charge in [0.05, 0.1) is 10.4 Å². The highest BCUT2D eigenvalue weighted by Crippen LogP contribution is 2.32. The molecule has 0 radical (unpaired) electrons. The highest BCUT2D eigenvalue weighted by atomic mass is 79.9. The highest BCUT2D eigenvalue weighted by Gasteiger charge is 2.34. The van der Waals surface area contributed by atoms with E-state index in [9.17, 15) is 4.79 Å². The van der Waals surface area contributed by atoms with E-state index >= 15 is 0 Å². The molecule has 0 saturated carbocycles. The SMILES string of the molecule is NC1=CC(Cl)(C(=O)CBr)CC=C1Cl. The largest absolute Gasteiger partial charge is 0.398 e. The zero-order valence-corrected chi connectivity index (χ0v) is 9.79. The number of carbonyl (C=O) groups is 1. The van der Waals surface area contributed by atoms with Gasteiger partial charge in [0.1, 0.15) is 4.87 Å². The molecular formula is C8H8BrCl2NO. The van der Waals surface area contributed by atoms with Gasteiger partial charge in [-0.1, -0.05) is 33.6 Å². The van der Waals surface area contributed by atoms with Gasteiger partial charge < -0.3 is 5.73 Å². The topological polar surface area (TPSA) is 43.1 Å². The maximum Gasteiger partial charge on any atom is 0.168 e. The molecule has 0 aromatic heterocycles. The molecule has 13 heavy (non-hydrogen) atoms. The zero-order chi connectivity index (χ0) is 10.1. The van der Waals surface area contributed by atoms with Crippen molar-refractivity contribution in [2.45, 2.75) is 11.3 Å². The maximum absolute atomic E-state index is 11.4. The monoisotopic (exact) mass is 283 g/mol. The van der Waals surface area contributed by atoms with Crippen molar-refractivity contribution in [1.29, 1.82) is 0 Å². The van der Waals surface area contributed by atoms with Crippen LogP contribution in [0.1, 0.15) is 6.42 Å². The predicted molar refractivity (Wildman–Crippen MR) is 58.2 cm³/mol. The molecule has 1 atom stereocenters. The third-order valence-electron chi connectivity index (χ3n) is 1.82. The lowest BCUT2D eigenvalue weighted by Gasteiger charge is -2.23. The molecule has 0 aliphatic heterocycles. The summed E-state index contributed by atoms with van der Waals surface area (Å²) in [5, 5.41) is 0.671. The van der Waals surface area contributed by atoms with E-state index in [1.54, 1.807) is 6.08 Å². The quantitative estimate of drug-likeness (QED) is 0.791. The van der Waals surface area contributed by atoms with Crippen molar-refractivity contribution in [2.75, 3.05) is 5.33 Å². The van der Waals surface area contributed by atoms with Gasteiger partial charge in [0, 0.05) is 5.70 Å². The van der Waals surface area contributed by atoms with Crippen LogP contribution in [0, 0.1) is 0 Å². The number of hydrogen-bond donors (Lipinski definition) is 1. The molecule has 0 fully saturated rings. The van der Waals surface area contributed by atoms with Crippen molar-refractivity contribution in [3.8, 4) is 0 Å². The molecule has 0 amide bonds. The second-order valence-electron chi connectivity index (χ2n) is 2.78. The lowest BCUT2D eigenvalue weighted by Crippen LogP contribution is -2.33. The minimum Gasteiger partial charge on any atom is -0.398 e. The lowest BCUT2D eigenvalue weighted by molar-refractivity contribution is -0.117. The number of rotatable bonds is 2. The number of hydrogen-bond acceptors (Lipinski definition) is 2. The van der Waals surface area contributed by atoms with Crippen molar-refractivity contribution < 1.29 is 4.79 Å². The van der Waals surface area contributed by atoms with Crippen molar-refractivity contribution in [3.63, 3.8) is 0 Å². The first-order chi connectivity index (χ1) is 5.99. The average molecular weight is 285 g/mol. The van der Waals surface area contributed by atoms with Crippen LogP contribution < -0.4 is 5.73 Å². The Balaban J connectivity index is 2.93. The van der Waals surface area contributed by atoms with Crippen LogP contribution in [0.4, 0.5) is 0 Å². The van der Waals surface area contributed by atoms with Gasteiger partial charge in [0.15, 0.2) is 5.78 Å². The van der Waals surface area contributed by atoms with Crippen LogP contribution in [0.25, 0.3) is 0 Å². The second-order valence-corrected chi connectivity index (χ2v) is 4.42. The molecule has 5 heteroatoms. The maximum atomic E-state index is 11.4. The first-order valence-corrected chi connectivity index (χ1v) is 5.50. The number of alkyl halides is 2. The first-order valence-electron chi connectivity index (χ1n) is 3.62. The molecular weight excluding hydrogens is 277 g/mol. The standard InChI is InChI=1S/C8H8BrCl2NO/c9-4-7(13)8(11)2-1-5(10)6(12)3-8/h1,3H,2,4,12H2. The molecule has 1 aliphatic rings. The van der Waals surface area contributed by atoms with Gasteiger partial charge in [0.2, 0.25) is 0 Å². The van der Waals surface area contributed by atoms with Gasteiger partial charge in [-0.25, -0.2) is 0 Å². The molecule has 0 spiro atoms. The number of carbonyl (C=O) groups excluding carboxylic acids is 1. The van der Waals surface area contributed by atoms with E-state index in [0.29, 0.717) is 17.2 Å². The van der Waals surface area contributed by atoms with E-state index in [0.717, 1.165) is 0 Å². The molecule has 0 bridgehead atoms. The minimum atomic E-state index is -1.02. The zero-order valence-electron chi connectivity index (χ0n) is 6.69. The molecule has 0 heterocycles. The summed E-state index contributed by atoms with van der Waals surface area (Å²) in [5.74, 6) is -0.113. The molecule has 0 aromatic carbocycles. The van der Waals surface area contributed by atoms with Crippen molar-refractivity contribution in [2.24, 2.45) is 5.73 Å². The summed E-state index contributed by atoms with van der Waals surface area (Å²) in [6.07, 6.45) is 3.55. The Morgan fingerprint density at radius 3 is 2.85 bits per heavy atom. The highest BCUT2D eigenvalue weighted by molar-refractivity contribution is 9.09. The van der Waals surface area contributed by atoms with Crippen molar-refractivity contribution >= 4 is 44.9 Å². The first kappa shape index (κ1) is 11.1. The van der Waals surface area contributed by atoms with Crippen molar-refractivity contribution in [1.82, 2.24) is 0 Å². The smallest absolute Gasteiger partial charge is 0.168 e. The Morgan fingerprint density at radius 1 is 1.77 bits per heavy atom. The molecule has 1 unspecified atom stereocenters. The number of Topliss-reactive ketones (excluding diaryl/α,β-unsaturated/α-hetero) is 1. The average Bonchev–Trinajstić information content (AvgIpc) is 2.11. The predicted octanol–water partition coefficient (Wildman–Crippen LogP) is 2.30. The van der Waals surface area contributed by atoms with E-state index in [-0.39, 0.29) is 11.1 Å². The summed E-state index contributed by atoms with van der Waals surface area (Å²) in [6.45, 7) is 0. The third kappa shape index (κ3) is 2.27. The summed E-state index contributed by atoms with van der Waals surface area (Å²) in [6, 6.07) is 0. The Labute approximate surface area is 94.9 Å². The molecule has 0 aromatic rings. The van der Waals surface area contributed by atoms with E-state index in [2.05, 4.69) is 15.9 Å². The van der Waals surface area contributed by atoms with Crippen LogP contribution in [0.3, 0.4) is 0 Å². The van der Waals surface area contributed by atoms with Gasteiger partial charge in [-0.15, -0.1) is 11.6 Å². The third-order valence-corrected chi connectivity index (χ3v) is 3.18. The molecule has 72 valence electrons. The van der Waals surface area contributed by atoms with Crippen LogP contribution in [0.2, 0.25) is 0 Å². The van der Waals surface area contributed by atoms with E-state index < -0.39 is 4.87 Å². The Bertz CT molecular complexity index is 301. The fourth-order valence-electron chi connectivity index (χ4n) is 1.04. The molecule has 0 saturated heterocycles. The summed E-state index contributed by atoms with van der Waals surface area (Å²) in [7, 11) is 0. The van der Waals surface area contributed by atoms with Gasteiger partial charge in [-0.3, -0.25) is 4.79 Å². The van der Waals surface area contributed by atoms with Crippen LogP contribution in [-0.4, -0.2) is 16.0 Å². The van der Waals surface area contributed by atoms with E-state index in [4.69, 9.17) is 28.9 Å². The Kier molecular flexibility index (Phi) is 3.44. The molecule has 1 aliphatic carbocycles. The van der Waals surface area contributed by atoms with Crippen molar-refractivity contribution in [3.05, 3.63) is 22.9 Å². The normalized spacial score (nSPS) is 27.9. The van der Waals surface area contributed by atoms with Gasteiger partial charge in [-0.05, 0) is 12.5 Å². The molecule has 2 nitrogen and oxygen atoms in total. The van der Waals surface area contributed by atoms with Gasteiger partial charge in [-0.2, -0.15) is 0 Å². The van der Waals surface area contributed by atoms with E-state index in [1.807, 2.05) is 0 Å². The fraction of sp³-hybridized carbons (Fsp3) is 0.375. The fourth-order valence-corrected chi connectivity index (χ4v) is 2.09. The summed E-state index contributed by atoms with van der Waals surface area (Å²) in [5.41, 5.74) is 5.91. The molecule has 2 N–H and O–H groups in total. The van der Waals surface area contributed by atoms with Crippen LogP contribution in [0.5, 0.6) is 0 Å². The number of halogens is 3. The Morgan fingerprint density at radius 2 is 2.38 bits per heavy atom. The number of nitrogens with two attached hydrogens (primary N) is 1. The summed E-state index contributed by atoms with van der Waals surface area (Å²) < 4.78 is 0. The van der Waals surface area contributed by atoms with E-state index in [1.165, 1.54) is 6.08 Å². The summed E-state index contributed by atoms with van der Waals surface area (Å²) in [4.78, 5) is 10.4. The van der Waals surface area contributed by atoms with Gasteiger partial charge in [0.25, 0.3) is 0 Å². The van der Waals surface area contributed by atoms with Crippen LogP contribution >= 0.6 is 39.1 Å². The van der Waals surface area contributed by atoms with Gasteiger partial charge >= 0.3 is 0 Å².